The van der Waals surface area contributed by atoms with Crippen molar-refractivity contribution in [2.75, 3.05) is 18.5 Å². The Morgan fingerprint density at radius 1 is 1.25 bits per heavy atom. The number of aliphatic hydroxyl groups excluding tert-OH is 1. The topological polar surface area (TPSA) is 98.7 Å². The number of nitrogens with zero attached hydrogens (tertiary/aromatic N) is 1. The fourth-order valence-corrected chi connectivity index (χ4v) is 7.89. The average molecular weight is 460 g/mol. The number of amides is 3. The molecule has 0 aliphatic carbocycles. The highest BCUT2D eigenvalue weighted by Crippen LogP contribution is 2.66. The summed E-state index contributed by atoms with van der Waals surface area (Å²) in [6, 6.07) is 8.12. The highest BCUT2D eigenvalue weighted by molar-refractivity contribution is 8.02. The Kier molecular flexibility index (Phi) is 6.81. The summed E-state index contributed by atoms with van der Waals surface area (Å²) in [5, 5.41) is 15.9. The molecular weight excluding hydrogens is 426 g/mol. The first-order valence-corrected chi connectivity index (χ1v) is 12.6. The van der Waals surface area contributed by atoms with Gasteiger partial charge in [-0.05, 0) is 38.3 Å². The van der Waals surface area contributed by atoms with E-state index in [0.717, 1.165) is 32.1 Å². The number of thioether (sulfide) groups is 1. The second kappa shape index (κ2) is 9.43. The molecule has 1 aromatic rings. The molecule has 32 heavy (non-hydrogen) atoms. The molecule has 1 spiro atoms. The fourth-order valence-electron chi connectivity index (χ4n) is 5.68. The first-order chi connectivity index (χ1) is 15.4. The molecule has 3 amide bonds. The lowest BCUT2D eigenvalue weighted by atomic mass is 9.70. The number of aliphatic hydroxyl groups is 1. The van der Waals surface area contributed by atoms with Crippen LogP contribution in [0.3, 0.4) is 0 Å². The van der Waals surface area contributed by atoms with Crippen molar-refractivity contribution in [3.8, 4) is 0 Å². The molecule has 6 atom stereocenters. The van der Waals surface area contributed by atoms with Gasteiger partial charge in [0.15, 0.2) is 0 Å². The quantitative estimate of drug-likeness (QED) is 0.493. The van der Waals surface area contributed by atoms with E-state index in [9.17, 15) is 19.5 Å². The van der Waals surface area contributed by atoms with Crippen molar-refractivity contribution in [1.82, 2.24) is 10.2 Å². The van der Waals surface area contributed by atoms with Gasteiger partial charge < -0.3 is 20.6 Å². The Bertz CT molecular complexity index is 866. The number of hydrogen-bond acceptors (Lipinski definition) is 5. The van der Waals surface area contributed by atoms with Gasteiger partial charge in [-0.2, -0.15) is 0 Å². The van der Waals surface area contributed by atoms with Crippen LogP contribution in [0, 0.1) is 11.8 Å². The molecular formula is C24H33N3O4S. The monoisotopic (exact) mass is 459 g/mol. The van der Waals surface area contributed by atoms with Crippen LogP contribution in [0.25, 0.3) is 0 Å². The molecule has 7 nitrogen and oxygen atoms in total. The maximum atomic E-state index is 13.7. The van der Waals surface area contributed by atoms with Crippen molar-refractivity contribution in [1.29, 1.82) is 0 Å². The zero-order chi connectivity index (χ0) is 22.9. The fraction of sp³-hybridized carbons (Fsp3) is 0.625. The van der Waals surface area contributed by atoms with E-state index in [0.29, 0.717) is 12.2 Å². The third-order valence-electron chi connectivity index (χ3n) is 7.15. The smallest absolute Gasteiger partial charge is 0.244 e. The molecule has 0 radical (unpaired) electrons. The number of para-hydroxylation sites is 1. The van der Waals surface area contributed by atoms with Crippen LogP contribution in [0.15, 0.2) is 30.3 Å². The number of carbonyl (C=O) groups is 3. The van der Waals surface area contributed by atoms with E-state index in [1.165, 1.54) is 0 Å². The van der Waals surface area contributed by atoms with Crippen LogP contribution in [0.4, 0.5) is 5.69 Å². The Balaban J connectivity index is 1.61. The number of hydrogen-bond donors (Lipinski definition) is 3. The second-order valence-electron chi connectivity index (χ2n) is 9.19. The van der Waals surface area contributed by atoms with Crippen LogP contribution >= 0.6 is 11.8 Å². The number of carbonyl (C=O) groups excluding carboxylic acids is 3. The van der Waals surface area contributed by atoms with E-state index in [4.69, 9.17) is 0 Å². The Morgan fingerprint density at radius 2 is 2.00 bits per heavy atom. The standard InChI is InChI=1S/C24H33N3O4S/c1-3-4-8-13-25-22(30)20-24-12-11-17(32-24)18(19(24)23(31)27(20)15(2)14-28)21(29)26-16-9-6-5-7-10-16/h5-7,9-10,15,17-20,28H,3-4,8,11-14H2,1-2H3,(H,25,30)(H,26,29)/t15-,17-,18+,19+,20?,24?/m1/s1. The molecule has 3 aliphatic heterocycles. The maximum Gasteiger partial charge on any atom is 0.244 e. The molecule has 3 heterocycles. The van der Waals surface area contributed by atoms with E-state index in [-0.39, 0.29) is 29.6 Å². The Hall–Kier alpha value is -2.06. The van der Waals surface area contributed by atoms with Gasteiger partial charge in [0.1, 0.15) is 6.04 Å². The molecule has 8 heteroatoms. The van der Waals surface area contributed by atoms with E-state index < -0.39 is 28.7 Å². The third-order valence-corrected chi connectivity index (χ3v) is 9.10. The number of likely N-dealkylation sites (tertiary alicyclic amines) is 1. The summed E-state index contributed by atoms with van der Waals surface area (Å²) >= 11 is 1.65. The SMILES string of the molecule is CCCCCNC(=O)C1N([C@H](C)CO)C(=O)[C@@H]2[C@@H](C(=O)Nc3ccccc3)[C@H]3CCC12S3. The van der Waals surface area contributed by atoms with Gasteiger partial charge in [0.25, 0.3) is 0 Å². The van der Waals surface area contributed by atoms with Crippen molar-refractivity contribution in [3.05, 3.63) is 30.3 Å². The Labute approximate surface area is 193 Å². The number of unbranched alkanes of at least 4 members (excludes halogenated alkanes) is 2. The van der Waals surface area contributed by atoms with Gasteiger partial charge in [0, 0.05) is 17.5 Å². The summed E-state index contributed by atoms with van der Waals surface area (Å²) in [5.74, 6) is -1.52. The van der Waals surface area contributed by atoms with Gasteiger partial charge in [-0.3, -0.25) is 14.4 Å². The van der Waals surface area contributed by atoms with Gasteiger partial charge in [-0.1, -0.05) is 38.0 Å². The first-order valence-electron chi connectivity index (χ1n) is 11.7. The summed E-state index contributed by atoms with van der Waals surface area (Å²) in [6.07, 6.45) is 4.53. The van der Waals surface area contributed by atoms with E-state index >= 15 is 0 Å². The average Bonchev–Trinajstić information content (AvgIpc) is 3.44. The molecule has 0 aromatic heterocycles. The summed E-state index contributed by atoms with van der Waals surface area (Å²) < 4.78 is -0.612. The second-order valence-corrected chi connectivity index (χ2v) is 10.8. The van der Waals surface area contributed by atoms with Crippen LogP contribution < -0.4 is 10.6 Å². The van der Waals surface area contributed by atoms with E-state index in [1.807, 2.05) is 30.3 Å². The van der Waals surface area contributed by atoms with E-state index in [1.54, 1.807) is 23.6 Å². The molecule has 3 aliphatic rings. The number of rotatable bonds is 9. The molecule has 174 valence electrons. The Morgan fingerprint density at radius 3 is 2.69 bits per heavy atom. The molecule has 2 unspecified atom stereocenters. The van der Waals surface area contributed by atoms with Gasteiger partial charge >= 0.3 is 0 Å². The summed E-state index contributed by atoms with van der Waals surface area (Å²) in [7, 11) is 0. The third kappa shape index (κ3) is 3.81. The highest BCUT2D eigenvalue weighted by Gasteiger charge is 2.73. The number of benzene rings is 1. The maximum absolute atomic E-state index is 13.7. The zero-order valence-electron chi connectivity index (χ0n) is 18.8. The molecule has 3 saturated heterocycles. The molecule has 2 bridgehead atoms. The first kappa shape index (κ1) is 23.1. The van der Waals surface area contributed by atoms with Gasteiger partial charge in [-0.15, -0.1) is 11.8 Å². The zero-order valence-corrected chi connectivity index (χ0v) is 19.6. The molecule has 0 saturated carbocycles. The molecule has 1 aromatic carbocycles. The minimum Gasteiger partial charge on any atom is -0.394 e. The van der Waals surface area contributed by atoms with Crippen LogP contribution in [0.5, 0.6) is 0 Å². The van der Waals surface area contributed by atoms with Gasteiger partial charge in [0.05, 0.1) is 29.2 Å². The molecule has 4 rings (SSSR count). The number of anilines is 1. The highest BCUT2D eigenvalue weighted by atomic mass is 32.2. The largest absolute Gasteiger partial charge is 0.394 e. The lowest BCUT2D eigenvalue weighted by molar-refractivity contribution is -0.141. The number of nitrogens with one attached hydrogen (secondary N) is 2. The van der Waals surface area contributed by atoms with Crippen molar-refractivity contribution in [2.45, 2.75) is 68.0 Å². The predicted octanol–water partition coefficient (Wildman–Crippen LogP) is 2.40. The van der Waals surface area contributed by atoms with Crippen molar-refractivity contribution < 1.29 is 19.5 Å². The lowest BCUT2D eigenvalue weighted by Gasteiger charge is -2.36. The normalized spacial score (nSPS) is 31.5. The van der Waals surface area contributed by atoms with Crippen LogP contribution in [-0.2, 0) is 14.4 Å². The minimum atomic E-state index is -0.659. The predicted molar refractivity (Wildman–Crippen MR) is 125 cm³/mol. The van der Waals surface area contributed by atoms with Crippen LogP contribution in [0.2, 0.25) is 0 Å². The number of fused-ring (bicyclic) bond motifs is 1. The van der Waals surface area contributed by atoms with E-state index in [2.05, 4.69) is 17.6 Å². The van der Waals surface area contributed by atoms with Crippen LogP contribution in [0.1, 0.15) is 46.0 Å². The summed E-state index contributed by atoms with van der Waals surface area (Å²) in [5.41, 5.74) is 0.704. The van der Waals surface area contributed by atoms with Gasteiger partial charge in [0.2, 0.25) is 17.7 Å². The summed E-state index contributed by atoms with van der Waals surface area (Å²) in [6.45, 7) is 4.23. The minimum absolute atomic E-state index is 0.0228. The van der Waals surface area contributed by atoms with Crippen molar-refractivity contribution in [2.24, 2.45) is 11.8 Å². The molecule has 3 fully saturated rings. The van der Waals surface area contributed by atoms with Crippen molar-refractivity contribution in [3.63, 3.8) is 0 Å². The molecule has 3 N–H and O–H groups in total. The summed E-state index contributed by atoms with van der Waals surface area (Å²) in [4.78, 5) is 41.9. The van der Waals surface area contributed by atoms with Crippen molar-refractivity contribution >= 4 is 35.2 Å². The lowest BCUT2D eigenvalue weighted by Crippen LogP contribution is -2.56. The van der Waals surface area contributed by atoms with Crippen LogP contribution in [-0.4, -0.2) is 63.0 Å². The van der Waals surface area contributed by atoms with Gasteiger partial charge in [-0.25, -0.2) is 0 Å².